The van der Waals surface area contributed by atoms with Crippen LogP contribution in [0.15, 0.2) is 48.8 Å². The Morgan fingerprint density at radius 2 is 2.08 bits per heavy atom. The summed E-state index contributed by atoms with van der Waals surface area (Å²) in [6, 6.07) is 8.78. The Hall–Kier alpha value is -3.14. The molecule has 1 aromatic carbocycles. The molecule has 1 aliphatic carbocycles. The van der Waals surface area contributed by atoms with Gasteiger partial charge >= 0.3 is 0 Å². The van der Waals surface area contributed by atoms with Gasteiger partial charge in [0, 0.05) is 36.6 Å². The van der Waals surface area contributed by atoms with Crippen LogP contribution in [-0.2, 0) is 0 Å². The number of pyridine rings is 1. The fraction of sp³-hybridized carbons (Fsp3) is 0.433. The van der Waals surface area contributed by atoms with Crippen LogP contribution < -0.4 is 20.1 Å². The predicted octanol–water partition coefficient (Wildman–Crippen LogP) is 6.50. The number of amides is 1. The maximum atomic E-state index is 12.8. The highest BCUT2D eigenvalue weighted by atomic mass is 35.5. The van der Waals surface area contributed by atoms with Crippen molar-refractivity contribution in [3.8, 4) is 16.7 Å². The zero-order valence-electron chi connectivity index (χ0n) is 22.8. The molecule has 10 heteroatoms. The number of carbonyl (C=O) groups is 1. The number of ether oxygens (including phenoxy) is 2. The summed E-state index contributed by atoms with van der Waals surface area (Å²) in [4.78, 5) is 24.9. The SMILES string of the molecule is C[C@@H](/C=C/c1cnc(Oc2ccc(OCC3CC3)cc2Cl)s1)NC(=O)c1ccnc(NCCCN2CCCC2)c1. The van der Waals surface area contributed by atoms with Crippen LogP contribution in [0.1, 0.15) is 54.3 Å². The molecule has 0 radical (unpaired) electrons. The van der Waals surface area contributed by atoms with Gasteiger partial charge < -0.3 is 25.0 Å². The lowest BCUT2D eigenvalue weighted by molar-refractivity contribution is 0.0947. The molecule has 1 aliphatic heterocycles. The molecular formula is C30H36ClN5O3S. The average molecular weight is 582 g/mol. The molecule has 2 fully saturated rings. The molecule has 3 heterocycles. The fourth-order valence-electron chi connectivity index (χ4n) is 4.41. The first-order chi connectivity index (χ1) is 19.5. The highest BCUT2D eigenvalue weighted by Gasteiger charge is 2.22. The minimum atomic E-state index is -0.179. The van der Waals surface area contributed by atoms with E-state index in [-0.39, 0.29) is 11.9 Å². The number of hydrogen-bond donors (Lipinski definition) is 2. The summed E-state index contributed by atoms with van der Waals surface area (Å²) < 4.78 is 11.7. The molecule has 1 saturated heterocycles. The van der Waals surface area contributed by atoms with Gasteiger partial charge in [0.15, 0.2) is 0 Å². The number of rotatable bonds is 14. The third kappa shape index (κ3) is 8.68. The maximum absolute atomic E-state index is 12.8. The second-order valence-electron chi connectivity index (χ2n) is 10.4. The molecule has 2 aromatic heterocycles. The third-order valence-corrected chi connectivity index (χ3v) is 8.01. The monoisotopic (exact) mass is 581 g/mol. The van der Waals surface area contributed by atoms with Crippen LogP contribution in [0.3, 0.4) is 0 Å². The molecule has 0 spiro atoms. The predicted molar refractivity (Wildman–Crippen MR) is 161 cm³/mol. The van der Waals surface area contributed by atoms with E-state index in [0.717, 1.165) is 42.6 Å². The summed E-state index contributed by atoms with van der Waals surface area (Å²) >= 11 is 7.79. The van der Waals surface area contributed by atoms with Crippen molar-refractivity contribution in [2.45, 2.75) is 45.1 Å². The van der Waals surface area contributed by atoms with Crippen molar-refractivity contribution in [2.24, 2.45) is 5.92 Å². The Balaban J connectivity index is 1.07. The van der Waals surface area contributed by atoms with Gasteiger partial charge in [0.25, 0.3) is 11.1 Å². The molecule has 1 saturated carbocycles. The summed E-state index contributed by atoms with van der Waals surface area (Å²) in [6.45, 7) is 7.01. The number of likely N-dealkylation sites (tertiary alicyclic amines) is 1. The first-order valence-electron chi connectivity index (χ1n) is 14.0. The average Bonchev–Trinajstić information content (AvgIpc) is 3.43. The van der Waals surface area contributed by atoms with E-state index in [9.17, 15) is 4.79 Å². The van der Waals surface area contributed by atoms with Gasteiger partial charge in [-0.3, -0.25) is 4.79 Å². The summed E-state index contributed by atoms with van der Waals surface area (Å²) in [5.74, 6) is 2.53. The molecule has 1 amide bonds. The van der Waals surface area contributed by atoms with Gasteiger partial charge in [0.2, 0.25) is 0 Å². The standard InChI is InChI=1S/C30H36ClN5O3S/c1-21(35-29(37)23-11-13-33-28(17-23)32-12-4-16-36-14-2-3-15-36)5-9-25-19-34-30(40-25)39-27-10-8-24(18-26(27)31)38-20-22-6-7-22/h5,8-11,13,17-19,21-22H,2-4,6-7,12,14-16,20H2,1H3,(H,32,33)(H,35,37)/b9-5+/t21-/m0/s1. The zero-order chi connectivity index (χ0) is 27.7. The molecule has 3 aromatic rings. The second kappa shape index (κ2) is 14.0. The number of nitrogens with zero attached hydrogens (tertiary/aromatic N) is 3. The van der Waals surface area contributed by atoms with Crippen molar-refractivity contribution in [3.05, 3.63) is 64.3 Å². The lowest BCUT2D eigenvalue weighted by Gasteiger charge is -2.14. The van der Waals surface area contributed by atoms with Crippen molar-refractivity contribution in [1.82, 2.24) is 20.2 Å². The van der Waals surface area contributed by atoms with E-state index in [0.29, 0.717) is 27.4 Å². The zero-order valence-corrected chi connectivity index (χ0v) is 24.3. The van der Waals surface area contributed by atoms with Crippen molar-refractivity contribution in [2.75, 3.05) is 38.1 Å². The van der Waals surface area contributed by atoms with Gasteiger partial charge in [-0.1, -0.05) is 29.0 Å². The minimum Gasteiger partial charge on any atom is -0.493 e. The van der Waals surface area contributed by atoms with Crippen molar-refractivity contribution >= 4 is 40.7 Å². The number of nitrogens with one attached hydrogen (secondary N) is 2. The van der Waals surface area contributed by atoms with Gasteiger partial charge in [0.05, 0.1) is 16.5 Å². The van der Waals surface area contributed by atoms with E-state index in [1.807, 2.05) is 25.1 Å². The Kier molecular flexibility index (Phi) is 9.91. The number of thiazole rings is 1. The van der Waals surface area contributed by atoms with Gasteiger partial charge in [-0.05, 0) is 94.9 Å². The minimum absolute atomic E-state index is 0.146. The number of anilines is 1. The molecule has 0 unspecified atom stereocenters. The highest BCUT2D eigenvalue weighted by molar-refractivity contribution is 7.14. The molecule has 40 heavy (non-hydrogen) atoms. The van der Waals surface area contributed by atoms with Crippen molar-refractivity contribution in [1.29, 1.82) is 0 Å². The lowest BCUT2D eigenvalue weighted by Crippen LogP contribution is -2.31. The van der Waals surface area contributed by atoms with Crippen LogP contribution in [0.25, 0.3) is 6.08 Å². The molecule has 212 valence electrons. The van der Waals surface area contributed by atoms with E-state index in [1.54, 1.807) is 36.7 Å². The molecule has 1 atom stereocenters. The molecule has 5 rings (SSSR count). The first kappa shape index (κ1) is 28.4. The Morgan fingerprint density at radius 1 is 1.23 bits per heavy atom. The lowest BCUT2D eigenvalue weighted by atomic mass is 10.2. The summed E-state index contributed by atoms with van der Waals surface area (Å²) in [5.41, 5.74) is 0.576. The van der Waals surface area contributed by atoms with Crippen LogP contribution in [-0.4, -0.2) is 59.6 Å². The summed E-state index contributed by atoms with van der Waals surface area (Å²) in [6.07, 6.45) is 13.4. The van der Waals surface area contributed by atoms with Crippen LogP contribution in [0.2, 0.25) is 5.02 Å². The number of carbonyl (C=O) groups excluding carboxylic acids is 1. The number of benzene rings is 1. The molecule has 2 N–H and O–H groups in total. The van der Waals surface area contributed by atoms with Gasteiger partial charge in [-0.2, -0.15) is 0 Å². The molecule has 0 bridgehead atoms. The highest BCUT2D eigenvalue weighted by Crippen LogP contribution is 2.35. The fourth-order valence-corrected chi connectivity index (χ4v) is 5.31. The Morgan fingerprint density at radius 3 is 2.88 bits per heavy atom. The number of hydrogen-bond acceptors (Lipinski definition) is 8. The number of aromatic nitrogens is 2. The third-order valence-electron chi connectivity index (χ3n) is 6.87. The molecular weight excluding hydrogens is 546 g/mol. The van der Waals surface area contributed by atoms with Crippen LogP contribution in [0.5, 0.6) is 16.7 Å². The van der Waals surface area contributed by atoms with Gasteiger partial charge in [-0.25, -0.2) is 9.97 Å². The van der Waals surface area contributed by atoms with E-state index in [2.05, 4.69) is 25.5 Å². The number of halogens is 1. The van der Waals surface area contributed by atoms with Gasteiger partial charge in [-0.15, -0.1) is 0 Å². The van der Waals surface area contributed by atoms with E-state index in [4.69, 9.17) is 21.1 Å². The first-order valence-corrected chi connectivity index (χ1v) is 15.2. The summed E-state index contributed by atoms with van der Waals surface area (Å²) in [5, 5.41) is 7.32. The summed E-state index contributed by atoms with van der Waals surface area (Å²) in [7, 11) is 0. The van der Waals surface area contributed by atoms with Crippen LogP contribution >= 0.6 is 22.9 Å². The quantitative estimate of drug-likeness (QED) is 0.210. The Bertz CT molecular complexity index is 1310. The van der Waals surface area contributed by atoms with Gasteiger partial charge in [0.1, 0.15) is 17.3 Å². The second-order valence-corrected chi connectivity index (χ2v) is 11.8. The van der Waals surface area contributed by atoms with E-state index in [1.165, 1.54) is 50.1 Å². The largest absolute Gasteiger partial charge is 0.493 e. The van der Waals surface area contributed by atoms with Crippen molar-refractivity contribution < 1.29 is 14.3 Å². The van der Waals surface area contributed by atoms with Crippen molar-refractivity contribution in [3.63, 3.8) is 0 Å². The van der Waals surface area contributed by atoms with E-state index < -0.39 is 0 Å². The van der Waals surface area contributed by atoms with E-state index >= 15 is 0 Å². The van der Waals surface area contributed by atoms with Crippen LogP contribution in [0.4, 0.5) is 5.82 Å². The molecule has 8 nitrogen and oxygen atoms in total. The normalized spacial score (nSPS) is 16.2. The van der Waals surface area contributed by atoms with Crippen LogP contribution in [0, 0.1) is 5.92 Å². The topological polar surface area (TPSA) is 88.6 Å². The maximum Gasteiger partial charge on any atom is 0.279 e. The molecule has 2 aliphatic rings. The smallest absolute Gasteiger partial charge is 0.279 e. The Labute approximate surface area is 244 Å².